The number of likely N-dealkylation sites (N-methyl/N-ethyl adjacent to an activating group) is 1. The molecule has 1 aromatic rings. The van der Waals surface area contributed by atoms with E-state index in [0.29, 0.717) is 25.9 Å². The second-order valence-corrected chi connectivity index (χ2v) is 13.3. The second-order valence-electron chi connectivity index (χ2n) is 11.9. The number of hydrogen-bond donors (Lipinski definition) is 4. The summed E-state index contributed by atoms with van der Waals surface area (Å²) in [5.74, 6) is -3.31. The Hall–Kier alpha value is -3.61. The normalized spacial score (nSPS) is 18.3. The van der Waals surface area contributed by atoms with Gasteiger partial charge in [0, 0.05) is 25.4 Å². The summed E-state index contributed by atoms with van der Waals surface area (Å²) < 4.78 is 0. The molecule has 3 rings (SSSR count). The number of urea groups is 1. The average molecular weight is 603 g/mol. The van der Waals surface area contributed by atoms with E-state index in [2.05, 4.69) is 16.0 Å². The zero-order valence-corrected chi connectivity index (χ0v) is 25.5. The fourth-order valence-corrected chi connectivity index (χ4v) is 6.17. The first-order valence-electron chi connectivity index (χ1n) is 14.2. The number of Topliss-reactive ketones (excluding diaryl/α,β-unsaturated/α-hetero) is 1. The van der Waals surface area contributed by atoms with E-state index >= 15 is 0 Å². The van der Waals surface area contributed by atoms with Crippen LogP contribution >= 0.6 is 11.8 Å². The highest BCUT2D eigenvalue weighted by Gasteiger charge is 2.43. The van der Waals surface area contributed by atoms with E-state index in [1.54, 1.807) is 27.8 Å². The van der Waals surface area contributed by atoms with Crippen molar-refractivity contribution in [1.29, 1.82) is 0 Å². The molecule has 2 aliphatic rings. The molecule has 1 aliphatic carbocycles. The lowest BCUT2D eigenvalue weighted by molar-refractivity contribution is -0.142. The summed E-state index contributed by atoms with van der Waals surface area (Å²) in [6, 6.07) is 6.89. The minimum atomic E-state index is -1.13. The van der Waals surface area contributed by atoms with Gasteiger partial charge in [0.2, 0.25) is 17.7 Å². The molecule has 2 fully saturated rings. The van der Waals surface area contributed by atoms with E-state index in [-0.39, 0.29) is 17.7 Å². The van der Waals surface area contributed by atoms with Crippen LogP contribution < -0.4 is 21.7 Å². The molecule has 0 aromatic heterocycles. The van der Waals surface area contributed by atoms with Gasteiger partial charge in [-0.05, 0) is 36.7 Å². The van der Waals surface area contributed by atoms with Crippen LogP contribution in [-0.2, 0) is 30.5 Å². The number of rotatable bonds is 12. The van der Waals surface area contributed by atoms with Crippen molar-refractivity contribution in [2.24, 2.45) is 11.1 Å². The standard InChI is InChI=1S/C29H42N6O6S/c1-29(2,3)23(32-28(41)31-16-21(36)34(4)17-18-10-6-5-7-11-18)27(40)35-15-9-14-20(35)25(39)33-26(22(37)24(30)38)42-19-12-8-13-19/h5-7,10-11,19-20,23,26H,8-9,12-17H2,1-4H3,(H2,30,38)(H,33,39)(H2,31,32,41). The predicted octanol–water partition coefficient (Wildman–Crippen LogP) is 1.13. The van der Waals surface area contributed by atoms with E-state index in [0.717, 1.165) is 24.8 Å². The molecule has 3 atom stereocenters. The zero-order valence-electron chi connectivity index (χ0n) is 24.7. The van der Waals surface area contributed by atoms with Gasteiger partial charge < -0.3 is 31.5 Å². The van der Waals surface area contributed by atoms with Crippen molar-refractivity contribution in [3.63, 3.8) is 0 Å². The van der Waals surface area contributed by atoms with E-state index in [1.165, 1.54) is 21.6 Å². The number of ketones is 1. The molecule has 1 saturated carbocycles. The summed E-state index contributed by atoms with van der Waals surface area (Å²) in [5, 5.41) is 6.90. The molecule has 3 unspecified atom stereocenters. The topological polar surface area (TPSA) is 171 Å². The van der Waals surface area contributed by atoms with Crippen LogP contribution in [0.1, 0.15) is 58.4 Å². The number of primary amides is 1. The van der Waals surface area contributed by atoms with Crippen molar-refractivity contribution >= 4 is 47.2 Å². The third-order valence-corrected chi connectivity index (χ3v) is 8.91. The van der Waals surface area contributed by atoms with E-state index in [9.17, 15) is 28.8 Å². The Bertz CT molecular complexity index is 1170. The summed E-state index contributed by atoms with van der Waals surface area (Å²) in [6.45, 7) is 5.78. The summed E-state index contributed by atoms with van der Waals surface area (Å²) in [6.07, 6.45) is 3.70. The monoisotopic (exact) mass is 602 g/mol. The van der Waals surface area contributed by atoms with Gasteiger partial charge in [0.15, 0.2) is 0 Å². The number of carbonyl (C=O) groups is 6. The van der Waals surface area contributed by atoms with Crippen molar-refractivity contribution in [2.45, 2.75) is 82.1 Å². The quantitative estimate of drug-likeness (QED) is 0.205. The number of nitrogens with zero attached hydrogens (tertiary/aromatic N) is 2. The number of thioether (sulfide) groups is 1. The maximum absolute atomic E-state index is 13.7. The number of nitrogens with two attached hydrogens (primary N) is 1. The molecule has 230 valence electrons. The molecule has 42 heavy (non-hydrogen) atoms. The van der Waals surface area contributed by atoms with E-state index in [1.807, 2.05) is 30.3 Å². The summed E-state index contributed by atoms with van der Waals surface area (Å²) in [5.41, 5.74) is 5.44. The van der Waals surface area contributed by atoms with Gasteiger partial charge in [-0.2, -0.15) is 0 Å². The zero-order chi connectivity index (χ0) is 31.0. The maximum atomic E-state index is 13.7. The lowest BCUT2D eigenvalue weighted by atomic mass is 9.85. The molecule has 0 radical (unpaired) electrons. The number of amides is 6. The molecular formula is C29H42N6O6S. The summed E-state index contributed by atoms with van der Waals surface area (Å²) >= 11 is 1.21. The highest BCUT2D eigenvalue weighted by molar-refractivity contribution is 8.01. The predicted molar refractivity (Wildman–Crippen MR) is 159 cm³/mol. The van der Waals surface area contributed by atoms with Crippen molar-refractivity contribution < 1.29 is 28.8 Å². The third kappa shape index (κ3) is 8.94. The number of carbonyl (C=O) groups excluding carboxylic acids is 6. The smallest absolute Gasteiger partial charge is 0.315 e. The number of nitrogens with one attached hydrogen (secondary N) is 3. The van der Waals surface area contributed by atoms with Crippen molar-refractivity contribution in [3.8, 4) is 0 Å². The van der Waals surface area contributed by atoms with Gasteiger partial charge in [-0.25, -0.2) is 4.79 Å². The van der Waals surface area contributed by atoms with Crippen molar-refractivity contribution in [1.82, 2.24) is 25.8 Å². The molecule has 6 amide bonds. The SMILES string of the molecule is CN(Cc1ccccc1)C(=O)CNC(=O)NC(C(=O)N1CCCC1C(=O)NC(SC1CCC1)C(=O)C(N)=O)C(C)(C)C. The number of likely N-dealkylation sites (tertiary alicyclic amines) is 1. The van der Waals surface area contributed by atoms with Crippen LogP contribution in [0.3, 0.4) is 0 Å². The molecule has 1 saturated heterocycles. The first-order valence-corrected chi connectivity index (χ1v) is 15.1. The Balaban J connectivity index is 1.61. The van der Waals surface area contributed by atoms with Crippen LogP contribution in [0.25, 0.3) is 0 Å². The van der Waals surface area contributed by atoms with Crippen LogP contribution in [0.4, 0.5) is 4.79 Å². The third-order valence-electron chi connectivity index (χ3n) is 7.45. The van der Waals surface area contributed by atoms with Gasteiger partial charge in [-0.15, -0.1) is 11.8 Å². The molecular weight excluding hydrogens is 560 g/mol. The first-order chi connectivity index (χ1) is 19.8. The van der Waals surface area contributed by atoms with E-state index in [4.69, 9.17) is 5.73 Å². The molecule has 0 bridgehead atoms. The molecule has 1 aromatic carbocycles. The summed E-state index contributed by atoms with van der Waals surface area (Å²) in [4.78, 5) is 79.3. The highest BCUT2D eigenvalue weighted by Crippen LogP contribution is 2.34. The Morgan fingerprint density at radius 1 is 1.02 bits per heavy atom. The van der Waals surface area contributed by atoms with Crippen molar-refractivity contribution in [3.05, 3.63) is 35.9 Å². The minimum Gasteiger partial charge on any atom is -0.363 e. The molecule has 0 spiro atoms. The van der Waals surface area contributed by atoms with Crippen molar-refractivity contribution in [2.75, 3.05) is 20.1 Å². The molecule has 13 heteroatoms. The van der Waals surface area contributed by atoms with Crippen LogP contribution in [-0.4, -0.2) is 88.1 Å². The molecule has 1 heterocycles. The second kappa shape index (κ2) is 14.5. The van der Waals surface area contributed by atoms with Gasteiger partial charge in [0.05, 0.1) is 6.54 Å². The maximum Gasteiger partial charge on any atom is 0.315 e. The van der Waals surface area contributed by atoms with Gasteiger partial charge >= 0.3 is 6.03 Å². The molecule has 12 nitrogen and oxygen atoms in total. The Labute approximate surface area is 250 Å². The van der Waals surface area contributed by atoms with Crippen LogP contribution in [0.5, 0.6) is 0 Å². The van der Waals surface area contributed by atoms with Crippen LogP contribution in [0, 0.1) is 5.41 Å². The Morgan fingerprint density at radius 3 is 2.26 bits per heavy atom. The lowest BCUT2D eigenvalue weighted by Crippen LogP contribution is -2.60. The van der Waals surface area contributed by atoms with Gasteiger partial charge in [-0.1, -0.05) is 57.5 Å². The van der Waals surface area contributed by atoms with Gasteiger partial charge in [-0.3, -0.25) is 24.0 Å². The number of benzene rings is 1. The minimum absolute atomic E-state index is 0.151. The Kier molecular flexibility index (Phi) is 11.4. The Morgan fingerprint density at radius 2 is 1.69 bits per heavy atom. The van der Waals surface area contributed by atoms with E-state index < -0.39 is 52.4 Å². The molecule has 5 N–H and O–H groups in total. The fraction of sp³-hybridized carbons (Fsp3) is 0.586. The molecule has 1 aliphatic heterocycles. The first kappa shape index (κ1) is 32.9. The highest BCUT2D eigenvalue weighted by atomic mass is 32.2. The fourth-order valence-electron chi connectivity index (χ4n) is 4.75. The summed E-state index contributed by atoms with van der Waals surface area (Å²) in [7, 11) is 1.64. The van der Waals surface area contributed by atoms with Gasteiger partial charge in [0.25, 0.3) is 11.7 Å². The van der Waals surface area contributed by atoms with Crippen LogP contribution in [0.15, 0.2) is 30.3 Å². The largest absolute Gasteiger partial charge is 0.363 e. The van der Waals surface area contributed by atoms with Gasteiger partial charge in [0.1, 0.15) is 17.5 Å². The lowest BCUT2D eigenvalue weighted by Gasteiger charge is -2.36. The van der Waals surface area contributed by atoms with Crippen LogP contribution in [0.2, 0.25) is 0 Å². The number of hydrogen-bond acceptors (Lipinski definition) is 7. The average Bonchev–Trinajstić information content (AvgIpc) is 3.41.